The lowest BCUT2D eigenvalue weighted by atomic mass is 9.98. The van der Waals surface area contributed by atoms with Crippen LogP contribution in [-0.2, 0) is 4.79 Å². The summed E-state index contributed by atoms with van der Waals surface area (Å²) in [5.74, 6) is 0.941. The molecule has 4 nitrogen and oxygen atoms in total. The first kappa shape index (κ1) is 12.5. The Morgan fingerprint density at radius 3 is 2.80 bits per heavy atom. The van der Waals surface area contributed by atoms with Crippen molar-refractivity contribution in [3.63, 3.8) is 0 Å². The second-order valence-electron chi connectivity index (χ2n) is 4.10. The van der Waals surface area contributed by atoms with Crippen molar-refractivity contribution in [1.82, 2.24) is 16.0 Å². The van der Waals surface area contributed by atoms with Crippen LogP contribution in [0.5, 0.6) is 0 Å². The number of piperidine rings is 1. The summed E-state index contributed by atoms with van der Waals surface area (Å²) in [5, 5.41) is 9.50. The fourth-order valence-electron chi connectivity index (χ4n) is 1.88. The van der Waals surface area contributed by atoms with E-state index in [0.717, 1.165) is 38.6 Å². The maximum atomic E-state index is 11.1. The third kappa shape index (κ3) is 5.74. The van der Waals surface area contributed by atoms with Gasteiger partial charge in [-0.15, -0.1) is 0 Å². The normalized spacial score (nSPS) is 17.7. The highest BCUT2D eigenvalue weighted by Gasteiger charge is 2.11. The van der Waals surface area contributed by atoms with Gasteiger partial charge in [-0.25, -0.2) is 0 Å². The molecule has 0 radical (unpaired) electrons. The molecule has 0 aliphatic carbocycles. The van der Waals surface area contributed by atoms with Gasteiger partial charge in [-0.1, -0.05) is 0 Å². The van der Waals surface area contributed by atoms with E-state index in [9.17, 15) is 4.79 Å². The number of carbonyl (C=O) groups excluding carboxylic acids is 1. The Morgan fingerprint density at radius 2 is 2.13 bits per heavy atom. The standard InChI is InChI=1S/C11H23N3O/c1-2-14-11(15)5-8-13-9-10-3-6-12-7-4-10/h10,12-13H,2-9H2,1H3,(H,14,15). The van der Waals surface area contributed by atoms with Gasteiger partial charge in [0.05, 0.1) is 0 Å². The molecule has 1 amide bonds. The van der Waals surface area contributed by atoms with Crippen LogP contribution >= 0.6 is 0 Å². The molecule has 1 rings (SSSR count). The maximum Gasteiger partial charge on any atom is 0.221 e. The highest BCUT2D eigenvalue weighted by Crippen LogP contribution is 2.09. The van der Waals surface area contributed by atoms with Crippen molar-refractivity contribution < 1.29 is 4.79 Å². The van der Waals surface area contributed by atoms with E-state index in [0.29, 0.717) is 6.42 Å². The SMILES string of the molecule is CCNC(=O)CCNCC1CCNCC1. The van der Waals surface area contributed by atoms with Gasteiger partial charge in [0.25, 0.3) is 0 Å². The first-order valence-corrected chi connectivity index (χ1v) is 6.01. The number of nitrogens with one attached hydrogen (secondary N) is 3. The van der Waals surface area contributed by atoms with Crippen LogP contribution < -0.4 is 16.0 Å². The molecular formula is C11H23N3O. The predicted molar refractivity (Wildman–Crippen MR) is 61.8 cm³/mol. The van der Waals surface area contributed by atoms with Crippen LogP contribution in [0.3, 0.4) is 0 Å². The molecule has 15 heavy (non-hydrogen) atoms. The Hall–Kier alpha value is -0.610. The van der Waals surface area contributed by atoms with Crippen molar-refractivity contribution in [3.8, 4) is 0 Å². The molecule has 0 unspecified atom stereocenters. The van der Waals surface area contributed by atoms with Crippen molar-refractivity contribution in [2.24, 2.45) is 5.92 Å². The Bertz CT molecular complexity index is 179. The van der Waals surface area contributed by atoms with Gasteiger partial charge in [-0.05, 0) is 45.3 Å². The fraction of sp³-hybridized carbons (Fsp3) is 0.909. The zero-order chi connectivity index (χ0) is 10.9. The summed E-state index contributed by atoms with van der Waals surface area (Å²) in [7, 11) is 0. The first-order chi connectivity index (χ1) is 7.33. The van der Waals surface area contributed by atoms with E-state index in [-0.39, 0.29) is 5.91 Å². The number of hydrogen-bond acceptors (Lipinski definition) is 3. The van der Waals surface area contributed by atoms with Gasteiger partial charge in [0, 0.05) is 19.5 Å². The minimum atomic E-state index is 0.148. The average molecular weight is 213 g/mol. The fourth-order valence-corrected chi connectivity index (χ4v) is 1.88. The number of amides is 1. The zero-order valence-corrected chi connectivity index (χ0v) is 9.64. The molecule has 0 bridgehead atoms. The van der Waals surface area contributed by atoms with E-state index in [4.69, 9.17) is 0 Å². The molecule has 88 valence electrons. The molecule has 1 saturated heterocycles. The highest BCUT2D eigenvalue weighted by molar-refractivity contribution is 5.75. The molecule has 4 heteroatoms. The van der Waals surface area contributed by atoms with E-state index >= 15 is 0 Å². The smallest absolute Gasteiger partial charge is 0.221 e. The summed E-state index contributed by atoms with van der Waals surface area (Å²) in [5.41, 5.74) is 0. The lowest BCUT2D eigenvalue weighted by Gasteiger charge is -2.22. The van der Waals surface area contributed by atoms with Gasteiger partial charge >= 0.3 is 0 Å². The third-order valence-corrected chi connectivity index (χ3v) is 2.79. The molecule has 0 aromatic heterocycles. The molecule has 0 spiro atoms. The average Bonchev–Trinajstić information content (AvgIpc) is 2.26. The van der Waals surface area contributed by atoms with Crippen molar-refractivity contribution in [2.75, 3.05) is 32.7 Å². The Balaban J connectivity index is 1.93. The lowest BCUT2D eigenvalue weighted by Crippen LogP contribution is -2.35. The summed E-state index contributed by atoms with van der Waals surface area (Å²) < 4.78 is 0. The third-order valence-electron chi connectivity index (χ3n) is 2.79. The molecule has 0 aromatic rings. The van der Waals surface area contributed by atoms with Crippen LogP contribution in [0.2, 0.25) is 0 Å². The van der Waals surface area contributed by atoms with Crippen LogP contribution in [-0.4, -0.2) is 38.6 Å². The number of carbonyl (C=O) groups is 1. The maximum absolute atomic E-state index is 11.1. The summed E-state index contributed by atoms with van der Waals surface area (Å²) in [6.45, 7) is 6.82. The summed E-state index contributed by atoms with van der Waals surface area (Å²) in [4.78, 5) is 11.1. The summed E-state index contributed by atoms with van der Waals surface area (Å²) >= 11 is 0. The number of rotatable bonds is 6. The summed E-state index contributed by atoms with van der Waals surface area (Å²) in [6.07, 6.45) is 3.11. The van der Waals surface area contributed by atoms with E-state index in [1.165, 1.54) is 12.8 Å². The Labute approximate surface area is 92.2 Å². The van der Waals surface area contributed by atoms with Crippen molar-refractivity contribution in [1.29, 1.82) is 0 Å². The van der Waals surface area contributed by atoms with Gasteiger partial charge in [0.15, 0.2) is 0 Å². The predicted octanol–water partition coefficient (Wildman–Crippen LogP) is 0.102. The van der Waals surface area contributed by atoms with E-state index in [1.807, 2.05) is 6.92 Å². The molecule has 1 aliphatic rings. The minimum Gasteiger partial charge on any atom is -0.356 e. The zero-order valence-electron chi connectivity index (χ0n) is 9.64. The van der Waals surface area contributed by atoms with E-state index < -0.39 is 0 Å². The molecule has 1 heterocycles. The quantitative estimate of drug-likeness (QED) is 0.549. The summed E-state index contributed by atoms with van der Waals surface area (Å²) in [6, 6.07) is 0. The largest absolute Gasteiger partial charge is 0.356 e. The monoisotopic (exact) mass is 213 g/mol. The second kappa shape index (κ2) is 7.65. The topological polar surface area (TPSA) is 53.2 Å². The molecule has 0 aromatic carbocycles. The molecule has 0 atom stereocenters. The van der Waals surface area contributed by atoms with Crippen molar-refractivity contribution in [2.45, 2.75) is 26.2 Å². The van der Waals surface area contributed by atoms with Gasteiger partial charge in [0.1, 0.15) is 0 Å². The van der Waals surface area contributed by atoms with Crippen LogP contribution in [0.1, 0.15) is 26.2 Å². The lowest BCUT2D eigenvalue weighted by molar-refractivity contribution is -0.120. The van der Waals surface area contributed by atoms with Gasteiger partial charge < -0.3 is 16.0 Å². The van der Waals surface area contributed by atoms with Gasteiger partial charge in [0.2, 0.25) is 5.91 Å². The molecule has 1 aliphatic heterocycles. The second-order valence-corrected chi connectivity index (χ2v) is 4.10. The Morgan fingerprint density at radius 1 is 1.40 bits per heavy atom. The Kier molecular flexibility index (Phi) is 6.36. The van der Waals surface area contributed by atoms with E-state index in [1.54, 1.807) is 0 Å². The molecule has 1 fully saturated rings. The number of hydrogen-bond donors (Lipinski definition) is 3. The van der Waals surface area contributed by atoms with E-state index in [2.05, 4.69) is 16.0 Å². The first-order valence-electron chi connectivity index (χ1n) is 6.01. The van der Waals surface area contributed by atoms with Crippen molar-refractivity contribution in [3.05, 3.63) is 0 Å². The molecule has 0 saturated carbocycles. The van der Waals surface area contributed by atoms with Gasteiger partial charge in [-0.2, -0.15) is 0 Å². The highest BCUT2D eigenvalue weighted by atomic mass is 16.1. The van der Waals surface area contributed by atoms with Crippen LogP contribution in [0.25, 0.3) is 0 Å². The minimum absolute atomic E-state index is 0.148. The molecule has 3 N–H and O–H groups in total. The van der Waals surface area contributed by atoms with Crippen LogP contribution in [0.15, 0.2) is 0 Å². The van der Waals surface area contributed by atoms with Crippen LogP contribution in [0, 0.1) is 5.92 Å². The molecular weight excluding hydrogens is 190 g/mol. The van der Waals surface area contributed by atoms with Crippen molar-refractivity contribution >= 4 is 5.91 Å². The van der Waals surface area contributed by atoms with Gasteiger partial charge in [-0.3, -0.25) is 4.79 Å². The van der Waals surface area contributed by atoms with Crippen LogP contribution in [0.4, 0.5) is 0 Å².